The predicted molar refractivity (Wildman–Crippen MR) is 64.3 cm³/mol. The molecule has 0 fully saturated rings. The molecule has 0 aromatic heterocycles. The molecular formula is C13H16F2N2O. The van der Waals surface area contributed by atoms with Gasteiger partial charge in [-0.15, -0.1) is 0 Å². The van der Waals surface area contributed by atoms with Gasteiger partial charge in [0.15, 0.2) is 11.6 Å². The number of benzene rings is 1. The molecule has 1 unspecified atom stereocenters. The van der Waals surface area contributed by atoms with Crippen LogP contribution in [0.15, 0.2) is 12.1 Å². The highest BCUT2D eigenvalue weighted by Gasteiger charge is 2.21. The molecule has 0 heterocycles. The van der Waals surface area contributed by atoms with Crippen molar-refractivity contribution in [2.75, 3.05) is 13.7 Å². The average molecular weight is 254 g/mol. The number of halogens is 2. The van der Waals surface area contributed by atoms with Gasteiger partial charge >= 0.3 is 0 Å². The van der Waals surface area contributed by atoms with Gasteiger partial charge in [0.25, 0.3) is 0 Å². The van der Waals surface area contributed by atoms with Crippen LogP contribution in [-0.2, 0) is 0 Å². The van der Waals surface area contributed by atoms with Crippen LogP contribution in [0.4, 0.5) is 8.78 Å². The number of hydrogen-bond acceptors (Lipinski definition) is 3. The molecule has 1 N–H and O–H groups in total. The van der Waals surface area contributed by atoms with E-state index in [9.17, 15) is 8.78 Å². The van der Waals surface area contributed by atoms with Crippen LogP contribution in [0.5, 0.6) is 5.75 Å². The van der Waals surface area contributed by atoms with Crippen molar-refractivity contribution < 1.29 is 13.5 Å². The lowest BCUT2D eigenvalue weighted by atomic mass is 10.0. The van der Waals surface area contributed by atoms with Crippen molar-refractivity contribution in [2.45, 2.75) is 25.8 Å². The highest BCUT2D eigenvalue weighted by molar-refractivity contribution is 5.33. The molecule has 0 spiro atoms. The summed E-state index contributed by atoms with van der Waals surface area (Å²) >= 11 is 0. The quantitative estimate of drug-likeness (QED) is 0.878. The molecule has 0 aliphatic heterocycles. The Bertz CT molecular complexity index is 471. The summed E-state index contributed by atoms with van der Waals surface area (Å²) in [6, 6.07) is 4.24. The van der Waals surface area contributed by atoms with Crippen molar-refractivity contribution >= 4 is 0 Å². The fourth-order valence-corrected chi connectivity index (χ4v) is 1.39. The van der Waals surface area contributed by atoms with E-state index in [0.717, 1.165) is 12.1 Å². The lowest BCUT2D eigenvalue weighted by Gasteiger charge is -2.20. The molecule has 1 aromatic rings. The van der Waals surface area contributed by atoms with Crippen LogP contribution in [-0.4, -0.2) is 19.2 Å². The fraction of sp³-hybridized carbons (Fsp3) is 0.462. The second kappa shape index (κ2) is 5.78. The van der Waals surface area contributed by atoms with Crippen molar-refractivity contribution in [3.63, 3.8) is 0 Å². The molecule has 0 amide bonds. The number of hydrogen-bond donors (Lipinski definition) is 1. The average Bonchev–Trinajstić information content (AvgIpc) is 2.35. The van der Waals surface area contributed by atoms with Gasteiger partial charge < -0.3 is 10.1 Å². The molecule has 18 heavy (non-hydrogen) atoms. The Hall–Kier alpha value is -1.67. The Kier molecular flexibility index (Phi) is 4.62. The molecule has 0 aliphatic carbocycles. The predicted octanol–water partition coefficient (Wildman–Crippen LogP) is 2.54. The summed E-state index contributed by atoms with van der Waals surface area (Å²) in [4.78, 5) is 0. The van der Waals surface area contributed by atoms with Gasteiger partial charge in [-0.1, -0.05) is 0 Å². The van der Waals surface area contributed by atoms with Crippen LogP contribution >= 0.6 is 0 Å². The van der Waals surface area contributed by atoms with Gasteiger partial charge in [0.1, 0.15) is 11.3 Å². The van der Waals surface area contributed by atoms with E-state index >= 15 is 0 Å². The normalized spacial score (nSPS) is 13.8. The molecule has 1 aromatic carbocycles. The van der Waals surface area contributed by atoms with Gasteiger partial charge in [0, 0.05) is 12.5 Å². The van der Waals surface area contributed by atoms with Crippen LogP contribution in [0.25, 0.3) is 0 Å². The number of nitrogens with one attached hydrogen (secondary N) is 1. The minimum atomic E-state index is -0.938. The van der Waals surface area contributed by atoms with Crippen molar-refractivity contribution in [1.82, 2.24) is 5.32 Å². The molecule has 0 saturated carbocycles. The topological polar surface area (TPSA) is 45.0 Å². The van der Waals surface area contributed by atoms with E-state index < -0.39 is 17.2 Å². The number of ether oxygens (including phenoxy) is 1. The highest BCUT2D eigenvalue weighted by atomic mass is 19.2. The molecule has 5 heteroatoms. The summed E-state index contributed by atoms with van der Waals surface area (Å²) in [5.74, 6) is -1.53. The Labute approximate surface area is 105 Å². The smallest absolute Gasteiger partial charge is 0.162 e. The fourth-order valence-electron chi connectivity index (χ4n) is 1.39. The minimum Gasteiger partial charge on any atom is -0.493 e. The van der Waals surface area contributed by atoms with Crippen LogP contribution in [0.3, 0.4) is 0 Å². The zero-order valence-corrected chi connectivity index (χ0v) is 10.7. The number of nitriles is 1. The number of nitrogens with zero attached hydrogens (tertiary/aromatic N) is 1. The van der Waals surface area contributed by atoms with E-state index in [1.807, 2.05) is 0 Å². The summed E-state index contributed by atoms with van der Waals surface area (Å²) in [6.07, 6.45) is 0.443. The van der Waals surface area contributed by atoms with Gasteiger partial charge in [0.05, 0.1) is 12.7 Å². The first-order valence-electron chi connectivity index (χ1n) is 5.60. The van der Waals surface area contributed by atoms with E-state index in [0.29, 0.717) is 17.7 Å². The van der Waals surface area contributed by atoms with Crippen LogP contribution in [0.1, 0.15) is 18.9 Å². The first-order valence-corrected chi connectivity index (χ1v) is 5.60. The highest BCUT2D eigenvalue weighted by Crippen LogP contribution is 2.22. The van der Waals surface area contributed by atoms with Gasteiger partial charge in [-0.25, -0.2) is 8.78 Å². The Morgan fingerprint density at radius 3 is 2.56 bits per heavy atom. The van der Waals surface area contributed by atoms with Gasteiger partial charge in [-0.3, -0.25) is 0 Å². The Morgan fingerprint density at radius 1 is 1.39 bits per heavy atom. The Balaban J connectivity index is 2.65. The van der Waals surface area contributed by atoms with Crippen LogP contribution < -0.4 is 10.1 Å². The summed E-state index contributed by atoms with van der Waals surface area (Å²) in [5, 5.41) is 11.8. The molecule has 0 aliphatic rings. The molecular weight excluding hydrogens is 238 g/mol. The summed E-state index contributed by atoms with van der Waals surface area (Å²) in [6.45, 7) is 3.63. The molecule has 98 valence electrons. The van der Waals surface area contributed by atoms with Gasteiger partial charge in [-0.2, -0.15) is 5.26 Å². The van der Waals surface area contributed by atoms with E-state index in [2.05, 4.69) is 11.4 Å². The lowest BCUT2D eigenvalue weighted by Crippen LogP contribution is -2.39. The molecule has 1 atom stereocenters. The first kappa shape index (κ1) is 14.4. The van der Waals surface area contributed by atoms with Crippen molar-refractivity contribution in [1.29, 1.82) is 5.26 Å². The maximum atomic E-state index is 13.0. The largest absolute Gasteiger partial charge is 0.493 e. The SMILES string of the molecule is CNC(C)(C#N)CCOc1cc(F)c(F)cc1C. The Morgan fingerprint density at radius 2 is 2.00 bits per heavy atom. The van der Waals surface area contributed by atoms with E-state index in [1.165, 1.54) is 0 Å². The van der Waals surface area contributed by atoms with Crippen LogP contribution in [0.2, 0.25) is 0 Å². The molecule has 1 rings (SSSR count). The number of aryl methyl sites for hydroxylation is 1. The van der Waals surface area contributed by atoms with Gasteiger partial charge in [0.2, 0.25) is 0 Å². The van der Waals surface area contributed by atoms with E-state index in [1.54, 1.807) is 20.9 Å². The zero-order valence-electron chi connectivity index (χ0n) is 10.7. The summed E-state index contributed by atoms with van der Waals surface area (Å²) < 4.78 is 31.3. The zero-order chi connectivity index (χ0) is 13.8. The third-order valence-corrected chi connectivity index (χ3v) is 2.88. The standard InChI is InChI=1S/C13H16F2N2O/c1-9-6-10(14)11(15)7-12(9)18-5-4-13(2,8-16)17-3/h6-7,17H,4-5H2,1-3H3. The van der Waals surface area contributed by atoms with E-state index in [4.69, 9.17) is 10.00 Å². The molecule has 3 nitrogen and oxygen atoms in total. The molecule has 0 saturated heterocycles. The van der Waals surface area contributed by atoms with Crippen molar-refractivity contribution in [3.05, 3.63) is 29.3 Å². The monoisotopic (exact) mass is 254 g/mol. The minimum absolute atomic E-state index is 0.247. The summed E-state index contributed by atoms with van der Waals surface area (Å²) in [5.41, 5.74) is -0.163. The van der Waals surface area contributed by atoms with Crippen LogP contribution in [0, 0.1) is 29.9 Å². The third-order valence-electron chi connectivity index (χ3n) is 2.88. The number of rotatable bonds is 5. The lowest BCUT2D eigenvalue weighted by molar-refractivity contribution is 0.269. The van der Waals surface area contributed by atoms with E-state index in [-0.39, 0.29) is 6.61 Å². The summed E-state index contributed by atoms with van der Waals surface area (Å²) in [7, 11) is 1.69. The second-order valence-corrected chi connectivity index (χ2v) is 4.32. The molecule has 0 bridgehead atoms. The van der Waals surface area contributed by atoms with Gasteiger partial charge in [-0.05, 0) is 32.5 Å². The first-order chi connectivity index (χ1) is 8.41. The van der Waals surface area contributed by atoms with Crippen molar-refractivity contribution in [3.8, 4) is 11.8 Å². The molecule has 0 radical (unpaired) electrons. The maximum Gasteiger partial charge on any atom is 0.162 e. The second-order valence-electron chi connectivity index (χ2n) is 4.32. The maximum absolute atomic E-state index is 13.0. The third kappa shape index (κ3) is 3.41. The van der Waals surface area contributed by atoms with Crippen molar-refractivity contribution in [2.24, 2.45) is 0 Å².